The maximum Gasteiger partial charge on any atom is 0.258 e. The Hall–Kier alpha value is -2.51. The second kappa shape index (κ2) is 8.08. The predicted octanol–water partition coefficient (Wildman–Crippen LogP) is 3.12. The van der Waals surface area contributed by atoms with Gasteiger partial charge in [-0.1, -0.05) is 25.4 Å². The Morgan fingerprint density at radius 3 is 2.59 bits per heavy atom. The number of anilines is 1. The number of piperazine rings is 1. The van der Waals surface area contributed by atoms with Gasteiger partial charge in [0.05, 0.1) is 17.4 Å². The summed E-state index contributed by atoms with van der Waals surface area (Å²) in [6, 6.07) is 7.25. The lowest BCUT2D eigenvalue weighted by Gasteiger charge is -2.35. The quantitative estimate of drug-likeness (QED) is 0.709. The van der Waals surface area contributed by atoms with E-state index in [0.29, 0.717) is 34.2 Å². The predicted molar refractivity (Wildman–Crippen MR) is 116 cm³/mol. The van der Waals surface area contributed by atoms with Crippen molar-refractivity contribution < 1.29 is 0 Å². The number of nitrogens with zero attached hydrogens (tertiary/aromatic N) is 5. The zero-order valence-electron chi connectivity index (χ0n) is 16.9. The van der Waals surface area contributed by atoms with E-state index in [9.17, 15) is 4.79 Å². The number of nitrogens with one attached hydrogen (secondary N) is 1. The number of aryl methyl sites for hydroxylation is 1. The van der Waals surface area contributed by atoms with Crippen LogP contribution in [0.25, 0.3) is 10.9 Å². The van der Waals surface area contributed by atoms with Gasteiger partial charge >= 0.3 is 0 Å². The van der Waals surface area contributed by atoms with Crippen molar-refractivity contribution in [3.8, 4) is 0 Å². The van der Waals surface area contributed by atoms with Crippen molar-refractivity contribution in [1.82, 2.24) is 24.8 Å². The van der Waals surface area contributed by atoms with Gasteiger partial charge in [-0.3, -0.25) is 9.69 Å². The van der Waals surface area contributed by atoms with E-state index < -0.39 is 0 Å². The Bertz CT molecular complexity index is 1090. The zero-order valence-corrected chi connectivity index (χ0v) is 17.7. The van der Waals surface area contributed by atoms with Crippen LogP contribution in [0.3, 0.4) is 0 Å². The number of fused-ring (bicyclic) bond motifs is 1. The normalized spacial score (nSPS) is 15.4. The Labute approximate surface area is 174 Å². The molecule has 0 aliphatic carbocycles. The summed E-state index contributed by atoms with van der Waals surface area (Å²) < 4.78 is 0. The molecule has 1 saturated heterocycles. The monoisotopic (exact) mass is 412 g/mol. The summed E-state index contributed by atoms with van der Waals surface area (Å²) in [4.78, 5) is 33.7. The molecule has 1 aliphatic heterocycles. The Kier molecular flexibility index (Phi) is 5.52. The van der Waals surface area contributed by atoms with E-state index in [-0.39, 0.29) is 5.56 Å². The van der Waals surface area contributed by atoms with E-state index in [0.717, 1.165) is 43.5 Å². The number of hydrogen-bond acceptors (Lipinski definition) is 6. The summed E-state index contributed by atoms with van der Waals surface area (Å²) >= 11 is 5.98. The molecule has 3 heterocycles. The summed E-state index contributed by atoms with van der Waals surface area (Å²) in [7, 11) is 0. The lowest BCUT2D eigenvalue weighted by atomic mass is 10.2. The molecular weight excluding hydrogens is 388 g/mol. The third-order valence-electron chi connectivity index (χ3n) is 5.16. The van der Waals surface area contributed by atoms with Gasteiger partial charge in [0.2, 0.25) is 0 Å². The summed E-state index contributed by atoms with van der Waals surface area (Å²) in [6.07, 6.45) is 0. The maximum absolute atomic E-state index is 12.4. The molecule has 0 radical (unpaired) electrons. The zero-order chi connectivity index (χ0) is 20.5. The van der Waals surface area contributed by atoms with E-state index in [2.05, 4.69) is 44.7 Å². The molecule has 0 atom stereocenters. The van der Waals surface area contributed by atoms with Crippen molar-refractivity contribution in [2.45, 2.75) is 33.2 Å². The maximum atomic E-state index is 12.4. The number of rotatable bonds is 4. The molecule has 1 aromatic carbocycles. The second-order valence-electron chi connectivity index (χ2n) is 7.82. The standard InChI is InChI=1S/C21H25ClN6O/c1-13(2)20-23-14(3)10-19(26-20)28-8-6-27(7-9-28)12-18-24-17-5-4-15(22)11-16(17)21(29)25-18/h4-5,10-11,13H,6-9,12H2,1-3H3,(H,24,25,29). The van der Waals surface area contributed by atoms with Crippen LogP contribution >= 0.6 is 11.6 Å². The topological polar surface area (TPSA) is 78.0 Å². The minimum absolute atomic E-state index is 0.149. The van der Waals surface area contributed by atoms with Gasteiger partial charge in [-0.2, -0.15) is 0 Å². The SMILES string of the molecule is Cc1cc(N2CCN(Cc3nc4ccc(Cl)cc4c(=O)[nH]3)CC2)nc(C(C)C)n1. The first-order valence-corrected chi connectivity index (χ1v) is 10.3. The smallest absolute Gasteiger partial charge is 0.258 e. The van der Waals surface area contributed by atoms with Gasteiger partial charge in [-0.25, -0.2) is 15.0 Å². The Morgan fingerprint density at radius 2 is 1.86 bits per heavy atom. The van der Waals surface area contributed by atoms with Crippen molar-refractivity contribution in [3.63, 3.8) is 0 Å². The van der Waals surface area contributed by atoms with Crippen molar-refractivity contribution >= 4 is 28.3 Å². The lowest BCUT2D eigenvalue weighted by molar-refractivity contribution is 0.243. The van der Waals surface area contributed by atoms with Gasteiger partial charge in [0.1, 0.15) is 17.5 Å². The van der Waals surface area contributed by atoms with Crippen LogP contribution in [0.1, 0.15) is 37.1 Å². The number of halogens is 1. The lowest BCUT2D eigenvalue weighted by Crippen LogP contribution is -2.46. The van der Waals surface area contributed by atoms with Crippen LogP contribution in [0.15, 0.2) is 29.1 Å². The summed E-state index contributed by atoms with van der Waals surface area (Å²) in [5, 5.41) is 1.06. The fourth-order valence-corrected chi connectivity index (χ4v) is 3.75. The summed E-state index contributed by atoms with van der Waals surface area (Å²) in [6.45, 7) is 10.4. The molecule has 2 aromatic heterocycles. The largest absolute Gasteiger partial charge is 0.354 e. The van der Waals surface area contributed by atoms with Crippen LogP contribution in [0.2, 0.25) is 5.02 Å². The molecule has 152 valence electrons. The highest BCUT2D eigenvalue weighted by Crippen LogP contribution is 2.19. The van der Waals surface area contributed by atoms with Crippen LogP contribution in [-0.4, -0.2) is 51.0 Å². The van der Waals surface area contributed by atoms with Gasteiger partial charge in [-0.05, 0) is 25.1 Å². The highest BCUT2D eigenvalue weighted by Gasteiger charge is 2.20. The molecule has 4 rings (SSSR count). The van der Waals surface area contributed by atoms with Gasteiger partial charge in [0.25, 0.3) is 5.56 Å². The molecule has 29 heavy (non-hydrogen) atoms. The summed E-state index contributed by atoms with van der Waals surface area (Å²) in [5.41, 5.74) is 1.52. The van der Waals surface area contributed by atoms with E-state index >= 15 is 0 Å². The van der Waals surface area contributed by atoms with Crippen LogP contribution in [0.5, 0.6) is 0 Å². The first-order valence-electron chi connectivity index (χ1n) is 9.90. The minimum atomic E-state index is -0.149. The Balaban J connectivity index is 1.45. The molecule has 1 aliphatic rings. The summed E-state index contributed by atoms with van der Waals surface area (Å²) in [5.74, 6) is 2.87. The minimum Gasteiger partial charge on any atom is -0.354 e. The molecular formula is C21H25ClN6O. The number of hydrogen-bond donors (Lipinski definition) is 1. The number of aromatic amines is 1. The first kappa shape index (κ1) is 19.8. The van der Waals surface area contributed by atoms with Crippen LogP contribution in [0, 0.1) is 6.92 Å². The highest BCUT2D eigenvalue weighted by molar-refractivity contribution is 6.31. The van der Waals surface area contributed by atoms with Crippen molar-refractivity contribution in [2.24, 2.45) is 0 Å². The van der Waals surface area contributed by atoms with Crippen LogP contribution < -0.4 is 10.5 Å². The van der Waals surface area contributed by atoms with Gasteiger partial charge < -0.3 is 9.88 Å². The van der Waals surface area contributed by atoms with Gasteiger partial charge in [0.15, 0.2) is 0 Å². The van der Waals surface area contributed by atoms with Crippen LogP contribution in [-0.2, 0) is 6.54 Å². The molecule has 0 unspecified atom stereocenters. The van der Waals surface area contributed by atoms with Crippen LogP contribution in [0.4, 0.5) is 5.82 Å². The fourth-order valence-electron chi connectivity index (χ4n) is 3.58. The molecule has 0 saturated carbocycles. The van der Waals surface area contributed by atoms with Crippen molar-refractivity contribution in [3.05, 3.63) is 57.0 Å². The third-order valence-corrected chi connectivity index (χ3v) is 5.40. The highest BCUT2D eigenvalue weighted by atomic mass is 35.5. The van der Waals surface area contributed by atoms with Crippen molar-refractivity contribution in [2.75, 3.05) is 31.1 Å². The van der Waals surface area contributed by atoms with E-state index in [1.807, 2.05) is 6.92 Å². The molecule has 1 N–H and O–H groups in total. The van der Waals surface area contributed by atoms with Crippen molar-refractivity contribution in [1.29, 1.82) is 0 Å². The molecule has 3 aromatic rings. The number of H-pyrrole nitrogens is 1. The molecule has 0 bridgehead atoms. The van der Waals surface area contributed by atoms with Gasteiger partial charge in [0, 0.05) is 48.9 Å². The number of aromatic nitrogens is 4. The van der Waals surface area contributed by atoms with E-state index in [1.165, 1.54) is 0 Å². The molecule has 7 nitrogen and oxygen atoms in total. The average Bonchev–Trinajstić information content (AvgIpc) is 2.69. The molecule has 1 fully saturated rings. The Morgan fingerprint density at radius 1 is 1.10 bits per heavy atom. The number of benzene rings is 1. The van der Waals surface area contributed by atoms with Gasteiger partial charge in [-0.15, -0.1) is 0 Å². The molecule has 0 spiro atoms. The third kappa shape index (κ3) is 4.41. The molecule has 0 amide bonds. The fraction of sp³-hybridized carbons (Fsp3) is 0.429. The second-order valence-corrected chi connectivity index (χ2v) is 8.25. The van der Waals surface area contributed by atoms with E-state index in [4.69, 9.17) is 16.6 Å². The first-order chi connectivity index (χ1) is 13.9. The average molecular weight is 413 g/mol. The van der Waals surface area contributed by atoms with E-state index in [1.54, 1.807) is 18.2 Å². The molecule has 8 heteroatoms.